The summed E-state index contributed by atoms with van der Waals surface area (Å²) < 4.78 is 39.4. The quantitative estimate of drug-likeness (QED) is 0.622. The van der Waals surface area contributed by atoms with Crippen LogP contribution in [0.1, 0.15) is 10.9 Å². The third-order valence-electron chi connectivity index (χ3n) is 4.88. The van der Waals surface area contributed by atoms with Gasteiger partial charge < -0.3 is 9.47 Å². The molecule has 1 atom stereocenters. The summed E-state index contributed by atoms with van der Waals surface area (Å²) in [7, 11) is -0.498. The van der Waals surface area contributed by atoms with Crippen molar-refractivity contribution in [3.05, 3.63) is 66.2 Å². The molecule has 0 amide bonds. The molecule has 0 aromatic heterocycles. The maximum absolute atomic E-state index is 13.6. The number of rotatable bonds is 5. The topological polar surface area (TPSA) is 55.8 Å². The van der Waals surface area contributed by atoms with Gasteiger partial charge in [0.25, 0.3) is 0 Å². The van der Waals surface area contributed by atoms with E-state index in [9.17, 15) is 8.42 Å². The molecule has 0 unspecified atom stereocenters. The van der Waals surface area contributed by atoms with Crippen LogP contribution in [0.3, 0.4) is 0 Å². The van der Waals surface area contributed by atoms with Crippen LogP contribution in [-0.2, 0) is 10.0 Å². The van der Waals surface area contributed by atoms with Gasteiger partial charge >= 0.3 is 0 Å². The molecule has 5 nitrogen and oxygen atoms in total. The summed E-state index contributed by atoms with van der Waals surface area (Å²) in [4.78, 5) is 0.346. The minimum atomic E-state index is -3.66. The van der Waals surface area contributed by atoms with Gasteiger partial charge in [-0.05, 0) is 29.1 Å². The lowest BCUT2D eigenvalue weighted by Gasteiger charge is -2.25. The zero-order valence-corrected chi connectivity index (χ0v) is 17.3. The largest absolute Gasteiger partial charge is 0.493 e. The first-order valence-electron chi connectivity index (χ1n) is 8.89. The lowest BCUT2D eigenvalue weighted by atomic mass is 10.1. The van der Waals surface area contributed by atoms with Crippen LogP contribution < -0.4 is 9.47 Å². The molecule has 0 aliphatic carbocycles. The molecule has 3 aromatic rings. The van der Waals surface area contributed by atoms with Crippen molar-refractivity contribution < 1.29 is 17.9 Å². The molecule has 0 radical (unpaired) electrons. The van der Waals surface area contributed by atoms with Gasteiger partial charge in [-0.1, -0.05) is 42.5 Å². The predicted molar refractivity (Wildman–Crippen MR) is 113 cm³/mol. The van der Waals surface area contributed by atoms with Gasteiger partial charge in [0.15, 0.2) is 11.5 Å². The molecule has 1 saturated heterocycles. The van der Waals surface area contributed by atoms with E-state index in [2.05, 4.69) is 0 Å². The third kappa shape index (κ3) is 3.23. The first-order chi connectivity index (χ1) is 13.6. The van der Waals surface area contributed by atoms with E-state index < -0.39 is 10.0 Å². The average Bonchev–Trinajstić information content (AvgIpc) is 3.23. The molecule has 3 aromatic carbocycles. The molecule has 1 aliphatic heterocycles. The minimum absolute atomic E-state index is 0.302. The maximum atomic E-state index is 13.6. The monoisotopic (exact) mass is 415 g/mol. The highest BCUT2D eigenvalue weighted by atomic mass is 32.2. The highest BCUT2D eigenvalue weighted by Gasteiger charge is 2.37. The number of methoxy groups -OCH3 is 2. The van der Waals surface area contributed by atoms with Crippen molar-refractivity contribution in [1.82, 2.24) is 4.31 Å². The number of benzene rings is 3. The minimum Gasteiger partial charge on any atom is -0.493 e. The van der Waals surface area contributed by atoms with E-state index in [-0.39, 0.29) is 5.37 Å². The molecular weight excluding hydrogens is 394 g/mol. The van der Waals surface area contributed by atoms with Crippen LogP contribution in [0, 0.1) is 0 Å². The van der Waals surface area contributed by atoms with E-state index in [0.29, 0.717) is 22.9 Å². The average molecular weight is 416 g/mol. The molecule has 0 spiro atoms. The second kappa shape index (κ2) is 7.66. The molecular formula is C21H21NO4S2. The van der Waals surface area contributed by atoms with Crippen molar-refractivity contribution >= 4 is 32.6 Å². The van der Waals surface area contributed by atoms with Crippen molar-refractivity contribution in [2.75, 3.05) is 26.5 Å². The van der Waals surface area contributed by atoms with Gasteiger partial charge in [0.05, 0.1) is 24.5 Å². The molecule has 146 valence electrons. The zero-order chi connectivity index (χ0) is 19.7. The van der Waals surface area contributed by atoms with E-state index in [1.165, 1.54) is 0 Å². The highest BCUT2D eigenvalue weighted by Crippen LogP contribution is 2.44. The Balaban J connectivity index is 1.77. The molecule has 7 heteroatoms. The number of hydrogen-bond acceptors (Lipinski definition) is 5. The molecule has 4 rings (SSSR count). The summed E-state index contributed by atoms with van der Waals surface area (Å²) >= 11 is 1.61. The first-order valence-corrected chi connectivity index (χ1v) is 11.4. The first kappa shape index (κ1) is 19.1. The van der Waals surface area contributed by atoms with Gasteiger partial charge in [-0.2, -0.15) is 4.31 Å². The Hall–Kier alpha value is -2.22. The van der Waals surface area contributed by atoms with Gasteiger partial charge in [0.1, 0.15) is 0 Å². The van der Waals surface area contributed by atoms with Crippen LogP contribution in [0.5, 0.6) is 11.5 Å². The Morgan fingerprint density at radius 3 is 2.50 bits per heavy atom. The van der Waals surface area contributed by atoms with Gasteiger partial charge in [-0.3, -0.25) is 0 Å². The Morgan fingerprint density at radius 1 is 0.964 bits per heavy atom. The Morgan fingerprint density at radius 2 is 1.71 bits per heavy atom. The maximum Gasteiger partial charge on any atom is 0.245 e. The fraction of sp³-hybridized carbons (Fsp3) is 0.238. The molecule has 0 N–H and O–H groups in total. The van der Waals surface area contributed by atoms with E-state index in [1.807, 2.05) is 48.5 Å². The van der Waals surface area contributed by atoms with Crippen LogP contribution in [-0.4, -0.2) is 39.2 Å². The van der Waals surface area contributed by atoms with E-state index in [1.54, 1.807) is 42.4 Å². The number of fused-ring (bicyclic) bond motifs is 1. The smallest absolute Gasteiger partial charge is 0.245 e. The lowest BCUT2D eigenvalue weighted by molar-refractivity contribution is 0.353. The second-order valence-electron chi connectivity index (χ2n) is 6.43. The SMILES string of the molecule is COc1ccc([C@H]2SCCN2S(=O)(=O)c2cccc3ccccc23)cc1OC. The Kier molecular flexibility index (Phi) is 5.23. The van der Waals surface area contributed by atoms with Crippen molar-refractivity contribution in [2.45, 2.75) is 10.3 Å². The van der Waals surface area contributed by atoms with E-state index in [4.69, 9.17) is 9.47 Å². The number of nitrogens with zero attached hydrogens (tertiary/aromatic N) is 1. The second-order valence-corrected chi connectivity index (χ2v) is 9.48. The van der Waals surface area contributed by atoms with Crippen LogP contribution >= 0.6 is 11.8 Å². The van der Waals surface area contributed by atoms with Crippen LogP contribution in [0.25, 0.3) is 10.8 Å². The molecule has 0 saturated carbocycles. The van der Waals surface area contributed by atoms with Crippen LogP contribution in [0.2, 0.25) is 0 Å². The third-order valence-corrected chi connectivity index (χ3v) is 8.19. The van der Waals surface area contributed by atoms with Crippen LogP contribution in [0.15, 0.2) is 65.6 Å². The number of sulfonamides is 1. The van der Waals surface area contributed by atoms with Crippen molar-refractivity contribution in [2.24, 2.45) is 0 Å². The van der Waals surface area contributed by atoms with Gasteiger partial charge in [0, 0.05) is 17.7 Å². The van der Waals surface area contributed by atoms with Crippen molar-refractivity contribution in [3.63, 3.8) is 0 Å². The number of hydrogen-bond donors (Lipinski definition) is 0. The van der Waals surface area contributed by atoms with Crippen molar-refractivity contribution in [3.8, 4) is 11.5 Å². The molecule has 1 aliphatic rings. The van der Waals surface area contributed by atoms with Gasteiger partial charge in [-0.25, -0.2) is 8.42 Å². The van der Waals surface area contributed by atoms with E-state index in [0.717, 1.165) is 22.1 Å². The number of thioether (sulfide) groups is 1. The Bertz CT molecular complexity index is 1110. The van der Waals surface area contributed by atoms with Gasteiger partial charge in [-0.15, -0.1) is 11.8 Å². The summed E-state index contributed by atoms with van der Waals surface area (Å²) in [5.74, 6) is 1.95. The highest BCUT2D eigenvalue weighted by molar-refractivity contribution is 8.01. The zero-order valence-electron chi connectivity index (χ0n) is 15.7. The normalized spacial score (nSPS) is 17.7. The molecule has 0 bridgehead atoms. The van der Waals surface area contributed by atoms with E-state index >= 15 is 0 Å². The standard InChI is InChI=1S/C21H21NO4S2/c1-25-18-11-10-16(14-19(18)26-2)21-22(12-13-27-21)28(23,24)20-9-5-7-15-6-3-4-8-17(15)20/h3-11,14,21H,12-13H2,1-2H3/t21-/m1/s1. The molecule has 28 heavy (non-hydrogen) atoms. The summed E-state index contributed by atoms with van der Waals surface area (Å²) in [5, 5.41) is 1.36. The lowest BCUT2D eigenvalue weighted by Crippen LogP contribution is -2.30. The molecule has 1 fully saturated rings. The predicted octanol–water partition coefficient (Wildman–Crippen LogP) is 4.29. The van der Waals surface area contributed by atoms with Crippen LogP contribution in [0.4, 0.5) is 0 Å². The summed E-state index contributed by atoms with van der Waals surface area (Å²) in [6.07, 6.45) is 0. The fourth-order valence-corrected chi connectivity index (χ4v) is 6.96. The fourth-order valence-electron chi connectivity index (χ4n) is 3.52. The summed E-state index contributed by atoms with van der Waals surface area (Å²) in [6.45, 7) is 0.467. The summed E-state index contributed by atoms with van der Waals surface area (Å²) in [6, 6.07) is 18.5. The van der Waals surface area contributed by atoms with Gasteiger partial charge in [0.2, 0.25) is 10.0 Å². The molecule has 1 heterocycles. The van der Waals surface area contributed by atoms with Crippen molar-refractivity contribution in [1.29, 1.82) is 0 Å². The Labute approximate surface area is 169 Å². The summed E-state index contributed by atoms with van der Waals surface area (Å²) in [5.41, 5.74) is 0.879. The number of ether oxygens (including phenoxy) is 2.